The summed E-state index contributed by atoms with van der Waals surface area (Å²) in [5, 5.41) is 3.38. The zero-order valence-corrected chi connectivity index (χ0v) is 13.1. The van der Waals surface area contributed by atoms with E-state index in [-0.39, 0.29) is 0 Å². The number of benzene rings is 1. The van der Waals surface area contributed by atoms with E-state index in [1.54, 1.807) is 0 Å². The highest BCUT2D eigenvalue weighted by molar-refractivity contribution is 9.10. The molecule has 1 aromatic rings. The average molecular weight is 333 g/mol. The molecule has 0 aliphatic heterocycles. The molecule has 0 atom stereocenters. The molecule has 0 aliphatic carbocycles. The van der Waals surface area contributed by atoms with Crippen LogP contribution in [-0.4, -0.2) is 23.0 Å². The summed E-state index contributed by atoms with van der Waals surface area (Å²) in [6.45, 7) is 3.18. The van der Waals surface area contributed by atoms with Gasteiger partial charge in [-0.05, 0) is 52.1 Å². The number of rotatable bonds is 7. The van der Waals surface area contributed by atoms with Crippen LogP contribution >= 0.6 is 39.9 Å². The molecule has 0 radical (unpaired) electrons. The lowest BCUT2D eigenvalue weighted by atomic mass is 10.2. The molecule has 0 aromatic heterocycles. The second kappa shape index (κ2) is 7.95. The van der Waals surface area contributed by atoms with Crippen molar-refractivity contribution in [1.82, 2.24) is 0 Å². The van der Waals surface area contributed by atoms with Crippen molar-refractivity contribution in [2.75, 3.05) is 23.4 Å². The molecule has 3 N–H and O–H groups in total. The first-order valence-electron chi connectivity index (χ1n) is 5.56. The quantitative estimate of drug-likeness (QED) is 0.590. The predicted octanol–water partition coefficient (Wildman–Crippen LogP) is 3.64. The molecule has 0 saturated carbocycles. The van der Waals surface area contributed by atoms with Crippen LogP contribution in [0.4, 0.5) is 5.69 Å². The maximum Gasteiger partial charge on any atom is 0.105 e. The third-order valence-corrected chi connectivity index (χ3v) is 4.09. The Morgan fingerprint density at radius 3 is 2.88 bits per heavy atom. The highest BCUT2D eigenvalue weighted by Gasteiger charge is 2.03. The lowest BCUT2D eigenvalue weighted by molar-refractivity contribution is 0.991. The summed E-state index contributed by atoms with van der Waals surface area (Å²) < 4.78 is 0.943. The van der Waals surface area contributed by atoms with E-state index in [2.05, 4.69) is 28.2 Å². The molecule has 0 heterocycles. The number of hydrogen-bond acceptors (Lipinski definition) is 3. The van der Waals surface area contributed by atoms with Gasteiger partial charge in [-0.25, -0.2) is 0 Å². The van der Waals surface area contributed by atoms with Gasteiger partial charge in [0.05, 0.1) is 0 Å². The molecule has 0 spiro atoms. The largest absolute Gasteiger partial charge is 0.389 e. The van der Waals surface area contributed by atoms with Gasteiger partial charge in [0.25, 0.3) is 0 Å². The predicted molar refractivity (Wildman–Crippen MR) is 86.1 cm³/mol. The minimum Gasteiger partial charge on any atom is -0.389 e. The Hall–Kier alpha value is -0.260. The van der Waals surface area contributed by atoms with Crippen LogP contribution in [0.3, 0.4) is 0 Å². The van der Waals surface area contributed by atoms with Crippen molar-refractivity contribution in [1.29, 1.82) is 0 Å². The first kappa shape index (κ1) is 14.8. The number of anilines is 1. The summed E-state index contributed by atoms with van der Waals surface area (Å²) in [4.78, 5) is 0.419. The molecular formula is C12H17BrN2S2. The molecule has 1 aromatic carbocycles. The van der Waals surface area contributed by atoms with Gasteiger partial charge in [0.2, 0.25) is 0 Å². The van der Waals surface area contributed by atoms with Crippen LogP contribution in [0.5, 0.6) is 0 Å². The maximum absolute atomic E-state index is 5.60. The highest BCUT2D eigenvalue weighted by Crippen LogP contribution is 2.21. The van der Waals surface area contributed by atoms with Crippen molar-refractivity contribution in [3.8, 4) is 0 Å². The van der Waals surface area contributed by atoms with Gasteiger partial charge < -0.3 is 11.1 Å². The van der Waals surface area contributed by atoms with Crippen LogP contribution in [0.2, 0.25) is 0 Å². The standard InChI is InChI=1S/C12H17BrN2S2/c1-2-17-7-3-6-15-9-4-5-10(12(14)16)11(13)8-9/h4-5,8,15H,2-3,6-7H2,1H3,(H2,14,16). The van der Waals surface area contributed by atoms with E-state index in [1.807, 2.05) is 30.0 Å². The van der Waals surface area contributed by atoms with Crippen LogP contribution in [0.1, 0.15) is 18.9 Å². The Morgan fingerprint density at radius 1 is 1.53 bits per heavy atom. The second-order valence-electron chi connectivity index (χ2n) is 3.54. The van der Waals surface area contributed by atoms with E-state index < -0.39 is 0 Å². The van der Waals surface area contributed by atoms with Crippen LogP contribution < -0.4 is 11.1 Å². The Morgan fingerprint density at radius 2 is 2.29 bits per heavy atom. The zero-order chi connectivity index (χ0) is 12.7. The summed E-state index contributed by atoms with van der Waals surface area (Å²) >= 11 is 10.4. The fourth-order valence-corrected chi connectivity index (χ4v) is 2.91. The number of nitrogens with two attached hydrogens (primary N) is 1. The van der Waals surface area contributed by atoms with Crippen molar-refractivity contribution in [2.45, 2.75) is 13.3 Å². The zero-order valence-electron chi connectivity index (χ0n) is 9.83. The van der Waals surface area contributed by atoms with Gasteiger partial charge in [-0.2, -0.15) is 11.8 Å². The van der Waals surface area contributed by atoms with E-state index in [4.69, 9.17) is 18.0 Å². The third-order valence-electron chi connectivity index (χ3n) is 2.23. The van der Waals surface area contributed by atoms with Crippen molar-refractivity contribution in [3.05, 3.63) is 28.2 Å². The van der Waals surface area contributed by atoms with E-state index >= 15 is 0 Å². The Kier molecular flexibility index (Phi) is 6.92. The summed E-state index contributed by atoms with van der Waals surface area (Å²) in [5.74, 6) is 2.39. The first-order valence-corrected chi connectivity index (χ1v) is 7.91. The lowest BCUT2D eigenvalue weighted by Gasteiger charge is -2.08. The number of thioether (sulfide) groups is 1. The van der Waals surface area contributed by atoms with Crippen LogP contribution in [-0.2, 0) is 0 Å². The molecule has 0 aliphatic rings. The second-order valence-corrected chi connectivity index (χ2v) is 6.22. The SMILES string of the molecule is CCSCCCNc1ccc(C(N)=S)c(Br)c1. The fourth-order valence-electron chi connectivity index (χ4n) is 1.38. The monoisotopic (exact) mass is 332 g/mol. The Labute approximate surface area is 121 Å². The van der Waals surface area contributed by atoms with Gasteiger partial charge in [0.1, 0.15) is 4.99 Å². The van der Waals surface area contributed by atoms with Crippen LogP contribution in [0.25, 0.3) is 0 Å². The highest BCUT2D eigenvalue weighted by atomic mass is 79.9. The lowest BCUT2D eigenvalue weighted by Crippen LogP contribution is -2.10. The summed E-state index contributed by atoms with van der Waals surface area (Å²) in [6.07, 6.45) is 1.17. The van der Waals surface area contributed by atoms with Crippen molar-refractivity contribution in [2.24, 2.45) is 5.73 Å². The number of hydrogen-bond donors (Lipinski definition) is 2. The van der Waals surface area contributed by atoms with E-state index in [9.17, 15) is 0 Å². The molecule has 0 unspecified atom stereocenters. The van der Waals surface area contributed by atoms with Crippen LogP contribution in [0.15, 0.2) is 22.7 Å². The normalized spacial score (nSPS) is 10.2. The van der Waals surface area contributed by atoms with Gasteiger partial charge >= 0.3 is 0 Å². The molecule has 0 fully saturated rings. The summed E-state index contributed by atoms with van der Waals surface area (Å²) in [5.41, 5.74) is 7.58. The summed E-state index contributed by atoms with van der Waals surface area (Å²) in [6, 6.07) is 5.96. The maximum atomic E-state index is 5.60. The molecule has 0 saturated heterocycles. The molecule has 0 bridgehead atoms. The van der Waals surface area contributed by atoms with Gasteiger partial charge in [0.15, 0.2) is 0 Å². The molecular weight excluding hydrogens is 316 g/mol. The van der Waals surface area contributed by atoms with Crippen molar-refractivity contribution < 1.29 is 0 Å². The molecule has 94 valence electrons. The minimum atomic E-state index is 0.419. The Bertz CT molecular complexity index is 383. The first-order chi connectivity index (χ1) is 8.15. The van der Waals surface area contributed by atoms with Crippen molar-refractivity contribution in [3.63, 3.8) is 0 Å². The fraction of sp³-hybridized carbons (Fsp3) is 0.417. The third kappa shape index (κ3) is 5.27. The molecule has 17 heavy (non-hydrogen) atoms. The number of nitrogens with one attached hydrogen (secondary N) is 1. The van der Waals surface area contributed by atoms with Crippen LogP contribution in [0, 0.1) is 0 Å². The Balaban J connectivity index is 2.45. The minimum absolute atomic E-state index is 0.419. The smallest absolute Gasteiger partial charge is 0.105 e. The van der Waals surface area contributed by atoms with E-state index in [0.717, 1.165) is 22.3 Å². The van der Waals surface area contributed by atoms with Crippen molar-refractivity contribution >= 4 is 50.6 Å². The van der Waals surface area contributed by atoms with Gasteiger partial charge in [0, 0.05) is 22.3 Å². The molecule has 2 nitrogen and oxygen atoms in total. The number of halogens is 1. The average Bonchev–Trinajstić information content (AvgIpc) is 2.28. The summed E-state index contributed by atoms with van der Waals surface area (Å²) in [7, 11) is 0. The number of thiocarbonyl (C=S) groups is 1. The molecule has 5 heteroatoms. The van der Waals surface area contributed by atoms with Gasteiger partial charge in [-0.1, -0.05) is 19.1 Å². The topological polar surface area (TPSA) is 38.0 Å². The van der Waals surface area contributed by atoms with E-state index in [1.165, 1.54) is 17.9 Å². The van der Waals surface area contributed by atoms with Gasteiger partial charge in [-0.3, -0.25) is 0 Å². The van der Waals surface area contributed by atoms with E-state index in [0.29, 0.717) is 4.99 Å². The molecule has 0 amide bonds. The van der Waals surface area contributed by atoms with Gasteiger partial charge in [-0.15, -0.1) is 0 Å². The molecule has 1 rings (SSSR count).